The van der Waals surface area contributed by atoms with Gasteiger partial charge in [0.15, 0.2) is 0 Å². The summed E-state index contributed by atoms with van der Waals surface area (Å²) >= 11 is 0. The van der Waals surface area contributed by atoms with Gasteiger partial charge in [0.05, 0.1) is 11.3 Å². The van der Waals surface area contributed by atoms with Crippen molar-refractivity contribution in [2.75, 3.05) is 29.5 Å². The Morgan fingerprint density at radius 2 is 1.80 bits per heavy atom. The van der Waals surface area contributed by atoms with Crippen LogP contribution in [0, 0.1) is 6.92 Å². The van der Waals surface area contributed by atoms with Crippen LogP contribution in [0.25, 0.3) is 27.5 Å². The summed E-state index contributed by atoms with van der Waals surface area (Å²) < 4.78 is 41.4. The number of urea groups is 1. The standard InChI is InChI=1S/C32H30F3N7O2/c1-18-38-28(29-30(36)37-16-27(42(18)29)20-7-6-14-41(17-20)19(2)43)25-12-13-26(24-11-4-3-10-23(24)25)40-31(44)39-22-9-5-8-21(15-22)32(33,34)35/h3-5,8-13,15-16,20H,6-7,14,17H2,1-2H3,(H2,36,37)(H2,39,40,44). The minimum atomic E-state index is -4.53. The molecule has 1 aliphatic heterocycles. The number of fused-ring (bicyclic) bond motifs is 2. The monoisotopic (exact) mass is 601 g/mol. The molecule has 3 aromatic carbocycles. The third-order valence-electron chi connectivity index (χ3n) is 8.04. The molecule has 6 rings (SSSR count). The summed E-state index contributed by atoms with van der Waals surface area (Å²) in [6.45, 7) is 4.81. The number of nitrogens with zero attached hydrogens (tertiary/aromatic N) is 4. The zero-order valence-corrected chi connectivity index (χ0v) is 24.1. The minimum absolute atomic E-state index is 0.0152. The van der Waals surface area contributed by atoms with Crippen molar-refractivity contribution < 1.29 is 22.8 Å². The largest absolute Gasteiger partial charge is 0.416 e. The Hall–Kier alpha value is -5.13. The van der Waals surface area contributed by atoms with E-state index >= 15 is 0 Å². The van der Waals surface area contributed by atoms with Gasteiger partial charge in [-0.25, -0.2) is 14.8 Å². The predicted molar refractivity (Wildman–Crippen MR) is 163 cm³/mol. The number of hydrogen-bond acceptors (Lipinski definition) is 5. The van der Waals surface area contributed by atoms with E-state index in [2.05, 4.69) is 15.6 Å². The molecule has 1 saturated heterocycles. The van der Waals surface area contributed by atoms with Crippen molar-refractivity contribution in [2.45, 2.75) is 38.8 Å². The van der Waals surface area contributed by atoms with Gasteiger partial charge in [-0.05, 0) is 49.4 Å². The van der Waals surface area contributed by atoms with E-state index in [4.69, 9.17) is 10.7 Å². The third kappa shape index (κ3) is 5.38. The molecule has 3 amide bonds. The van der Waals surface area contributed by atoms with Crippen LogP contribution in [0.4, 0.5) is 35.2 Å². The van der Waals surface area contributed by atoms with E-state index in [0.717, 1.165) is 54.0 Å². The maximum Gasteiger partial charge on any atom is 0.416 e. The number of carbonyl (C=O) groups is 2. The summed E-state index contributed by atoms with van der Waals surface area (Å²) in [5.41, 5.74) is 9.08. The van der Waals surface area contributed by atoms with Gasteiger partial charge in [-0.1, -0.05) is 36.4 Å². The molecule has 0 radical (unpaired) electrons. The van der Waals surface area contributed by atoms with Crippen molar-refractivity contribution >= 4 is 45.4 Å². The van der Waals surface area contributed by atoms with Gasteiger partial charge in [0.1, 0.15) is 22.9 Å². The quantitative estimate of drug-likeness (QED) is 0.209. The lowest BCUT2D eigenvalue weighted by Gasteiger charge is -2.32. The lowest BCUT2D eigenvalue weighted by atomic mass is 9.94. The second kappa shape index (κ2) is 11.2. The molecule has 3 heterocycles. The maximum atomic E-state index is 13.1. The number of likely N-dealkylation sites (tertiary alicyclic amines) is 1. The molecule has 1 aliphatic rings. The molecule has 9 nitrogen and oxygen atoms in total. The van der Waals surface area contributed by atoms with Gasteiger partial charge in [0, 0.05) is 54.5 Å². The number of carbonyl (C=O) groups excluding carboxylic acids is 2. The van der Waals surface area contributed by atoms with Gasteiger partial charge in [-0.2, -0.15) is 13.2 Å². The minimum Gasteiger partial charge on any atom is -0.382 e. The lowest BCUT2D eigenvalue weighted by Crippen LogP contribution is -2.38. The number of imidazole rings is 1. The first-order chi connectivity index (χ1) is 21.0. The molecular formula is C32H30F3N7O2. The zero-order valence-electron chi connectivity index (χ0n) is 24.1. The van der Waals surface area contributed by atoms with Gasteiger partial charge in [0.2, 0.25) is 5.91 Å². The van der Waals surface area contributed by atoms with Crippen LogP contribution in [0.1, 0.15) is 42.8 Å². The maximum absolute atomic E-state index is 13.1. The number of aromatic nitrogens is 3. The predicted octanol–water partition coefficient (Wildman–Crippen LogP) is 6.83. The summed E-state index contributed by atoms with van der Waals surface area (Å²) in [6, 6.07) is 14.8. The highest BCUT2D eigenvalue weighted by Crippen LogP contribution is 2.38. The first kappa shape index (κ1) is 29.0. The number of rotatable bonds is 4. The second-order valence-electron chi connectivity index (χ2n) is 10.9. The van der Waals surface area contributed by atoms with Crippen LogP contribution in [0.2, 0.25) is 0 Å². The second-order valence-corrected chi connectivity index (χ2v) is 10.9. The van der Waals surface area contributed by atoms with Gasteiger partial charge in [0.25, 0.3) is 0 Å². The molecule has 1 atom stereocenters. The van der Waals surface area contributed by atoms with E-state index in [9.17, 15) is 22.8 Å². The number of halogens is 3. The van der Waals surface area contributed by atoms with E-state index in [1.54, 1.807) is 19.2 Å². The summed E-state index contributed by atoms with van der Waals surface area (Å²) in [5, 5.41) is 6.73. The smallest absolute Gasteiger partial charge is 0.382 e. The number of nitrogens with two attached hydrogens (primary N) is 1. The van der Waals surface area contributed by atoms with E-state index < -0.39 is 17.8 Å². The molecule has 1 fully saturated rings. The van der Waals surface area contributed by atoms with Crippen LogP contribution in [0.15, 0.2) is 66.9 Å². The Bertz CT molecular complexity index is 1920. The number of piperidine rings is 1. The summed E-state index contributed by atoms with van der Waals surface area (Å²) in [7, 11) is 0. The zero-order chi connectivity index (χ0) is 31.2. The van der Waals surface area contributed by atoms with Crippen LogP contribution < -0.4 is 16.4 Å². The number of nitrogen functional groups attached to an aromatic ring is 1. The molecule has 4 N–H and O–H groups in total. The van der Waals surface area contributed by atoms with Crippen LogP contribution >= 0.6 is 0 Å². The summed E-state index contributed by atoms with van der Waals surface area (Å²) in [6.07, 6.45) is -0.968. The van der Waals surface area contributed by atoms with Crippen molar-refractivity contribution in [1.82, 2.24) is 19.3 Å². The van der Waals surface area contributed by atoms with E-state index in [0.29, 0.717) is 34.6 Å². The van der Waals surface area contributed by atoms with E-state index in [1.807, 2.05) is 46.6 Å². The first-order valence-electron chi connectivity index (χ1n) is 14.2. The highest BCUT2D eigenvalue weighted by Gasteiger charge is 2.31. The SMILES string of the molecule is CC(=O)N1CCCC(c2cnc(N)c3c(-c4ccc(NC(=O)Nc5cccc(C(F)(F)F)c5)c5ccccc45)nc(C)n23)C1. The fourth-order valence-corrected chi connectivity index (χ4v) is 5.99. The molecule has 12 heteroatoms. The van der Waals surface area contributed by atoms with Gasteiger partial charge < -0.3 is 21.3 Å². The average molecular weight is 602 g/mol. The van der Waals surface area contributed by atoms with E-state index in [-0.39, 0.29) is 17.5 Å². The Morgan fingerprint density at radius 1 is 1.02 bits per heavy atom. The normalized spacial score (nSPS) is 15.5. The van der Waals surface area contributed by atoms with E-state index in [1.165, 1.54) is 12.1 Å². The molecule has 226 valence electrons. The molecule has 1 unspecified atom stereocenters. The Balaban J connectivity index is 1.36. The molecule has 0 bridgehead atoms. The van der Waals surface area contributed by atoms with Crippen molar-refractivity contribution in [3.8, 4) is 11.3 Å². The van der Waals surface area contributed by atoms with Gasteiger partial charge >= 0.3 is 12.2 Å². The summed E-state index contributed by atoms with van der Waals surface area (Å²) in [4.78, 5) is 36.3. The van der Waals surface area contributed by atoms with Crippen molar-refractivity contribution in [3.63, 3.8) is 0 Å². The molecule has 0 spiro atoms. The average Bonchev–Trinajstić information content (AvgIpc) is 3.35. The van der Waals surface area contributed by atoms with Crippen LogP contribution in [0.3, 0.4) is 0 Å². The van der Waals surface area contributed by atoms with Crippen LogP contribution in [0.5, 0.6) is 0 Å². The lowest BCUT2D eigenvalue weighted by molar-refractivity contribution is -0.137. The number of alkyl halides is 3. The molecule has 44 heavy (non-hydrogen) atoms. The van der Waals surface area contributed by atoms with Crippen LogP contribution in [-0.4, -0.2) is 44.3 Å². The number of aryl methyl sites for hydroxylation is 1. The molecule has 2 aromatic heterocycles. The van der Waals surface area contributed by atoms with Crippen molar-refractivity contribution in [1.29, 1.82) is 0 Å². The fraction of sp³-hybridized carbons (Fsp3) is 0.250. The molecule has 0 saturated carbocycles. The number of nitrogens with one attached hydrogen (secondary N) is 2. The van der Waals surface area contributed by atoms with Crippen molar-refractivity contribution in [3.05, 3.63) is 83.9 Å². The number of hydrogen-bond donors (Lipinski definition) is 3. The number of amides is 3. The summed E-state index contributed by atoms with van der Waals surface area (Å²) in [5.74, 6) is 1.16. The number of anilines is 3. The van der Waals surface area contributed by atoms with Crippen LogP contribution in [-0.2, 0) is 11.0 Å². The van der Waals surface area contributed by atoms with Gasteiger partial charge in [-0.3, -0.25) is 9.20 Å². The molecular weight excluding hydrogens is 571 g/mol. The van der Waals surface area contributed by atoms with Crippen molar-refractivity contribution in [2.24, 2.45) is 0 Å². The first-order valence-corrected chi connectivity index (χ1v) is 14.2. The molecule has 5 aromatic rings. The molecule has 0 aliphatic carbocycles. The Kier molecular flexibility index (Phi) is 7.36. The Morgan fingerprint density at radius 3 is 2.55 bits per heavy atom. The van der Waals surface area contributed by atoms with Gasteiger partial charge in [-0.15, -0.1) is 0 Å². The third-order valence-corrected chi connectivity index (χ3v) is 8.04. The Labute approximate surface area is 250 Å². The highest BCUT2D eigenvalue weighted by atomic mass is 19.4. The topological polar surface area (TPSA) is 118 Å². The fourth-order valence-electron chi connectivity index (χ4n) is 5.99. The highest BCUT2D eigenvalue weighted by molar-refractivity contribution is 6.10. The number of benzene rings is 3.